The summed E-state index contributed by atoms with van der Waals surface area (Å²) in [6.07, 6.45) is 10.1. The number of halogens is 1. The van der Waals surface area contributed by atoms with Gasteiger partial charge in [-0.15, -0.1) is 0 Å². The van der Waals surface area contributed by atoms with Crippen molar-refractivity contribution < 1.29 is 9.90 Å². The van der Waals surface area contributed by atoms with Crippen LogP contribution in [0, 0.1) is 13.8 Å². The molecule has 3 aromatic rings. The molecule has 4 heterocycles. The molecule has 33 heavy (non-hydrogen) atoms. The number of pyridine rings is 1. The zero-order valence-electron chi connectivity index (χ0n) is 19.0. The summed E-state index contributed by atoms with van der Waals surface area (Å²) < 4.78 is 2.21. The number of hydrogen-bond donors (Lipinski definition) is 1. The van der Waals surface area contributed by atoms with Crippen LogP contribution in [0.15, 0.2) is 30.6 Å². The lowest BCUT2D eigenvalue weighted by molar-refractivity contribution is 0.0772. The molecule has 8 heteroatoms. The number of rotatable bonds is 3. The molecule has 172 valence electrons. The van der Waals surface area contributed by atoms with Crippen LogP contribution >= 0.6 is 11.6 Å². The van der Waals surface area contributed by atoms with E-state index in [2.05, 4.69) is 31.8 Å². The van der Waals surface area contributed by atoms with Crippen molar-refractivity contribution in [2.45, 2.75) is 58.1 Å². The van der Waals surface area contributed by atoms with E-state index in [0.717, 1.165) is 60.1 Å². The number of fused-ring (bicyclic) bond motifs is 1. The molecule has 0 aromatic carbocycles. The minimum atomic E-state index is -0.210. The highest BCUT2D eigenvalue weighted by Crippen LogP contribution is 2.36. The third kappa shape index (κ3) is 4.39. The highest BCUT2D eigenvalue weighted by Gasteiger charge is 2.26. The molecule has 0 saturated heterocycles. The van der Waals surface area contributed by atoms with E-state index in [1.807, 2.05) is 30.9 Å². The van der Waals surface area contributed by atoms with E-state index in [9.17, 15) is 9.90 Å². The second-order valence-corrected chi connectivity index (χ2v) is 9.50. The zero-order chi connectivity index (χ0) is 23.1. The molecule has 1 N–H and O–H groups in total. The molecule has 0 spiro atoms. The number of aromatic nitrogens is 4. The Labute approximate surface area is 198 Å². The number of aliphatic hydroxyl groups excluding tert-OH is 1. The zero-order valence-corrected chi connectivity index (χ0v) is 19.7. The predicted octanol–water partition coefficient (Wildman–Crippen LogP) is 4.50. The molecule has 0 atom stereocenters. The fraction of sp³-hybridized carbons (Fsp3) is 0.440. The molecule has 1 fully saturated rings. The van der Waals surface area contributed by atoms with Crippen LogP contribution in [0.5, 0.6) is 0 Å². The third-order valence-electron chi connectivity index (χ3n) is 6.77. The highest BCUT2D eigenvalue weighted by atomic mass is 35.5. The first-order valence-electron chi connectivity index (χ1n) is 11.5. The van der Waals surface area contributed by atoms with Crippen LogP contribution < -0.4 is 0 Å². The largest absolute Gasteiger partial charge is 0.393 e. The smallest absolute Gasteiger partial charge is 0.254 e. The van der Waals surface area contributed by atoms with Crippen molar-refractivity contribution >= 4 is 34.1 Å². The van der Waals surface area contributed by atoms with Crippen molar-refractivity contribution in [3.63, 3.8) is 0 Å². The lowest BCUT2D eigenvalue weighted by Gasteiger charge is -2.27. The summed E-state index contributed by atoms with van der Waals surface area (Å²) in [7, 11) is 0. The number of carbonyl (C=O) groups excluding carboxylic acids is 1. The van der Waals surface area contributed by atoms with Crippen molar-refractivity contribution in [1.82, 2.24) is 24.4 Å². The minimum absolute atomic E-state index is 0.0391. The van der Waals surface area contributed by atoms with Crippen molar-refractivity contribution in [2.75, 3.05) is 13.1 Å². The van der Waals surface area contributed by atoms with Gasteiger partial charge in [-0.3, -0.25) is 9.78 Å². The van der Waals surface area contributed by atoms with E-state index in [1.165, 1.54) is 5.57 Å². The van der Waals surface area contributed by atoms with Crippen LogP contribution in [0.3, 0.4) is 0 Å². The van der Waals surface area contributed by atoms with E-state index < -0.39 is 0 Å². The molecule has 2 aliphatic rings. The van der Waals surface area contributed by atoms with Gasteiger partial charge in [-0.05, 0) is 75.3 Å². The number of amides is 1. The molecule has 3 aromatic heterocycles. The summed E-state index contributed by atoms with van der Waals surface area (Å²) >= 11 is 6.14. The summed E-state index contributed by atoms with van der Waals surface area (Å²) in [5.74, 6) is 0.0391. The maximum atomic E-state index is 13.0. The molecule has 7 nitrogen and oxygen atoms in total. The van der Waals surface area contributed by atoms with Crippen LogP contribution in [0.2, 0.25) is 5.28 Å². The Balaban J connectivity index is 1.43. The molecule has 0 radical (unpaired) electrons. The van der Waals surface area contributed by atoms with Crippen LogP contribution in [0.1, 0.15) is 65.5 Å². The number of hydrogen-bond acceptors (Lipinski definition) is 5. The number of aliphatic hydroxyl groups is 1. The van der Waals surface area contributed by atoms with Gasteiger partial charge < -0.3 is 14.6 Å². The van der Waals surface area contributed by atoms with E-state index in [0.29, 0.717) is 18.7 Å². The summed E-state index contributed by atoms with van der Waals surface area (Å²) in [5, 5.41) is 11.1. The minimum Gasteiger partial charge on any atom is -0.393 e. The van der Waals surface area contributed by atoms with Gasteiger partial charge in [0.25, 0.3) is 5.91 Å². The standard InChI is InChI=1S/C25H28ClN5O2/c1-15-11-18(12-16(2)28-15)24(33)30-9-7-17(8-10-30)22-14-31(19-3-5-20(32)6-4-19)23-21(22)13-27-25(26)29-23/h7,11-14,19-20,32H,3-6,8-10H2,1-2H3/t19-,20-. The number of aryl methyl sites for hydroxylation is 2. The molecule has 5 rings (SSSR count). The first-order chi connectivity index (χ1) is 15.9. The SMILES string of the molecule is Cc1cc(C(=O)N2CC=C(c3cn([C@H]4CC[C@H](O)CC4)c4nc(Cl)ncc34)CC2)cc(C)n1. The first-order valence-corrected chi connectivity index (χ1v) is 11.9. The van der Waals surface area contributed by atoms with Crippen molar-refractivity contribution in [3.8, 4) is 0 Å². The number of carbonyl (C=O) groups is 1. The van der Waals surface area contributed by atoms with Gasteiger partial charge in [0.1, 0.15) is 5.65 Å². The van der Waals surface area contributed by atoms with Gasteiger partial charge in [0, 0.05) is 59.4 Å². The second kappa shape index (κ2) is 8.88. The molecular weight excluding hydrogens is 438 g/mol. The van der Waals surface area contributed by atoms with E-state index in [4.69, 9.17) is 11.6 Å². The van der Waals surface area contributed by atoms with Crippen LogP contribution in [-0.4, -0.2) is 54.6 Å². The van der Waals surface area contributed by atoms with Crippen LogP contribution in [-0.2, 0) is 0 Å². The summed E-state index contributed by atoms with van der Waals surface area (Å²) in [6.45, 7) is 5.04. The monoisotopic (exact) mass is 465 g/mol. The van der Waals surface area contributed by atoms with Gasteiger partial charge >= 0.3 is 0 Å². The van der Waals surface area contributed by atoms with Gasteiger partial charge in [-0.25, -0.2) is 4.98 Å². The second-order valence-electron chi connectivity index (χ2n) is 9.16. The fourth-order valence-corrected chi connectivity index (χ4v) is 5.25. The predicted molar refractivity (Wildman–Crippen MR) is 128 cm³/mol. The van der Waals surface area contributed by atoms with E-state index in [1.54, 1.807) is 6.20 Å². The van der Waals surface area contributed by atoms with Crippen molar-refractivity contribution in [2.24, 2.45) is 0 Å². The summed E-state index contributed by atoms with van der Waals surface area (Å²) in [4.78, 5) is 28.1. The summed E-state index contributed by atoms with van der Waals surface area (Å²) in [6, 6.07) is 3.99. The van der Waals surface area contributed by atoms with Gasteiger partial charge in [-0.2, -0.15) is 4.98 Å². The normalized spacial score (nSPS) is 21.3. The van der Waals surface area contributed by atoms with Crippen LogP contribution in [0.4, 0.5) is 0 Å². The van der Waals surface area contributed by atoms with Gasteiger partial charge in [-0.1, -0.05) is 6.08 Å². The first kappa shape index (κ1) is 22.0. The fourth-order valence-electron chi connectivity index (χ4n) is 5.12. The van der Waals surface area contributed by atoms with Crippen molar-refractivity contribution in [1.29, 1.82) is 0 Å². The Morgan fingerprint density at radius 2 is 1.85 bits per heavy atom. The quantitative estimate of drug-likeness (QED) is 0.575. The molecule has 0 unspecified atom stereocenters. The number of nitrogens with zero attached hydrogens (tertiary/aromatic N) is 5. The molecule has 1 aliphatic carbocycles. The third-order valence-corrected chi connectivity index (χ3v) is 6.95. The molecular formula is C25H28ClN5O2. The van der Waals surface area contributed by atoms with Crippen molar-refractivity contribution in [3.05, 3.63) is 58.4 Å². The van der Waals surface area contributed by atoms with Gasteiger partial charge in [0.15, 0.2) is 0 Å². The topological polar surface area (TPSA) is 84.1 Å². The highest BCUT2D eigenvalue weighted by molar-refractivity contribution is 6.28. The maximum absolute atomic E-state index is 13.0. The Morgan fingerprint density at radius 1 is 1.12 bits per heavy atom. The Kier molecular flexibility index (Phi) is 5.93. The van der Waals surface area contributed by atoms with E-state index in [-0.39, 0.29) is 23.3 Å². The van der Waals surface area contributed by atoms with E-state index >= 15 is 0 Å². The Bertz CT molecular complexity index is 1220. The molecule has 1 amide bonds. The maximum Gasteiger partial charge on any atom is 0.254 e. The van der Waals surface area contributed by atoms with Crippen LogP contribution in [0.25, 0.3) is 16.6 Å². The van der Waals surface area contributed by atoms with Gasteiger partial charge in [0.05, 0.1) is 6.10 Å². The summed E-state index contributed by atoms with van der Waals surface area (Å²) in [5.41, 5.74) is 5.55. The molecule has 1 aliphatic heterocycles. The Morgan fingerprint density at radius 3 is 2.52 bits per heavy atom. The average molecular weight is 466 g/mol. The average Bonchev–Trinajstić information content (AvgIpc) is 3.17. The molecule has 1 saturated carbocycles. The Hall–Kier alpha value is -2.77. The van der Waals surface area contributed by atoms with Gasteiger partial charge in [0.2, 0.25) is 5.28 Å². The lowest BCUT2D eigenvalue weighted by Crippen LogP contribution is -2.34. The molecule has 0 bridgehead atoms. The lowest BCUT2D eigenvalue weighted by atomic mass is 9.93.